The Morgan fingerprint density at radius 1 is 1.47 bits per heavy atom. The van der Waals surface area contributed by atoms with Gasteiger partial charge in [-0.2, -0.15) is 0 Å². The number of hydrogen-bond acceptors (Lipinski definition) is 3. The van der Waals surface area contributed by atoms with Gasteiger partial charge in [0.2, 0.25) is 10.0 Å². The predicted molar refractivity (Wildman–Crippen MR) is 67.7 cm³/mol. The minimum absolute atomic E-state index is 0. The van der Waals surface area contributed by atoms with Crippen LogP contribution in [0.15, 0.2) is 22.7 Å². The first-order chi connectivity index (χ1) is 6.42. The lowest BCUT2D eigenvalue weighted by atomic mass is 10.2. The quantitative estimate of drug-likeness (QED) is 0.892. The van der Waals surface area contributed by atoms with Crippen molar-refractivity contribution in [3.05, 3.63) is 28.2 Å². The molecule has 0 unspecified atom stereocenters. The van der Waals surface area contributed by atoms with E-state index in [1.54, 1.807) is 18.2 Å². The van der Waals surface area contributed by atoms with Gasteiger partial charge >= 0.3 is 0 Å². The molecule has 0 amide bonds. The summed E-state index contributed by atoms with van der Waals surface area (Å²) in [5.41, 5.74) is 6.90. The van der Waals surface area contributed by atoms with Crippen LogP contribution >= 0.6 is 28.3 Å². The van der Waals surface area contributed by atoms with Gasteiger partial charge in [0, 0.05) is 11.0 Å². The van der Waals surface area contributed by atoms with Crippen molar-refractivity contribution in [2.45, 2.75) is 6.54 Å². The van der Waals surface area contributed by atoms with Crippen LogP contribution < -0.4 is 10.5 Å². The Labute approximate surface area is 104 Å². The van der Waals surface area contributed by atoms with Crippen LogP contribution in [0.5, 0.6) is 0 Å². The molecule has 3 N–H and O–H groups in total. The average molecular weight is 316 g/mol. The highest BCUT2D eigenvalue weighted by atomic mass is 79.9. The maximum Gasteiger partial charge on any atom is 0.229 e. The van der Waals surface area contributed by atoms with Crippen molar-refractivity contribution in [2.24, 2.45) is 5.73 Å². The molecule has 0 saturated carbocycles. The Morgan fingerprint density at radius 2 is 2.07 bits per heavy atom. The highest BCUT2D eigenvalue weighted by molar-refractivity contribution is 9.10. The molecule has 0 aliphatic carbocycles. The molecule has 1 rings (SSSR count). The first-order valence-electron chi connectivity index (χ1n) is 3.88. The number of anilines is 1. The van der Waals surface area contributed by atoms with E-state index >= 15 is 0 Å². The molecule has 0 aliphatic rings. The van der Waals surface area contributed by atoms with E-state index in [9.17, 15) is 8.42 Å². The molecule has 15 heavy (non-hydrogen) atoms. The van der Waals surface area contributed by atoms with E-state index in [1.165, 1.54) is 0 Å². The summed E-state index contributed by atoms with van der Waals surface area (Å²) in [7, 11) is -3.23. The van der Waals surface area contributed by atoms with Gasteiger partial charge in [-0.1, -0.05) is 6.07 Å². The maximum atomic E-state index is 11.0. The second kappa shape index (κ2) is 5.69. The van der Waals surface area contributed by atoms with Gasteiger partial charge in [0.05, 0.1) is 11.9 Å². The Kier molecular flexibility index (Phi) is 5.58. The Bertz CT molecular complexity index is 436. The Balaban J connectivity index is 0.00000196. The van der Waals surface area contributed by atoms with Crippen LogP contribution in [0.1, 0.15) is 5.56 Å². The molecular weight excluding hydrogens is 304 g/mol. The van der Waals surface area contributed by atoms with Crippen LogP contribution in [0.2, 0.25) is 0 Å². The number of halogens is 2. The molecule has 0 fully saturated rings. The fourth-order valence-electron chi connectivity index (χ4n) is 0.968. The van der Waals surface area contributed by atoms with Crippen molar-refractivity contribution in [3.63, 3.8) is 0 Å². The second-order valence-electron chi connectivity index (χ2n) is 2.89. The maximum absolute atomic E-state index is 11.0. The van der Waals surface area contributed by atoms with E-state index in [1.807, 2.05) is 0 Å². The van der Waals surface area contributed by atoms with Gasteiger partial charge in [0.15, 0.2) is 0 Å². The SMILES string of the molecule is CS(=O)(=O)Nc1ccc(CN)cc1Br.Cl. The smallest absolute Gasteiger partial charge is 0.229 e. The van der Waals surface area contributed by atoms with Gasteiger partial charge in [-0.3, -0.25) is 4.72 Å². The van der Waals surface area contributed by atoms with Crippen LogP contribution in [0, 0.1) is 0 Å². The highest BCUT2D eigenvalue weighted by Crippen LogP contribution is 2.24. The van der Waals surface area contributed by atoms with Crippen LogP contribution in [0.4, 0.5) is 5.69 Å². The third-order valence-electron chi connectivity index (χ3n) is 1.56. The standard InChI is InChI=1S/C8H11BrN2O2S.ClH/c1-14(12,13)11-8-3-2-6(5-10)4-7(8)9;/h2-4,11H,5,10H2,1H3;1H. The molecule has 86 valence electrons. The Hall–Kier alpha value is -0.300. The normalized spacial score (nSPS) is 10.6. The van der Waals surface area contributed by atoms with Crippen molar-refractivity contribution < 1.29 is 8.42 Å². The van der Waals surface area contributed by atoms with Crippen molar-refractivity contribution >= 4 is 44.0 Å². The van der Waals surface area contributed by atoms with E-state index in [4.69, 9.17) is 5.73 Å². The van der Waals surface area contributed by atoms with E-state index in [-0.39, 0.29) is 12.4 Å². The largest absolute Gasteiger partial charge is 0.326 e. The van der Waals surface area contributed by atoms with E-state index in [0.717, 1.165) is 11.8 Å². The summed E-state index contributed by atoms with van der Waals surface area (Å²) >= 11 is 3.26. The van der Waals surface area contributed by atoms with E-state index in [0.29, 0.717) is 16.7 Å². The summed E-state index contributed by atoms with van der Waals surface area (Å²) < 4.78 is 25.0. The summed E-state index contributed by atoms with van der Waals surface area (Å²) in [6, 6.07) is 5.24. The van der Waals surface area contributed by atoms with Gasteiger partial charge in [-0.15, -0.1) is 12.4 Å². The minimum atomic E-state index is -3.23. The molecule has 0 spiro atoms. The molecule has 0 bridgehead atoms. The highest BCUT2D eigenvalue weighted by Gasteiger charge is 2.05. The van der Waals surface area contributed by atoms with Gasteiger partial charge in [-0.05, 0) is 33.6 Å². The zero-order valence-electron chi connectivity index (χ0n) is 8.03. The van der Waals surface area contributed by atoms with E-state index in [2.05, 4.69) is 20.7 Å². The topological polar surface area (TPSA) is 72.2 Å². The van der Waals surface area contributed by atoms with Crippen LogP contribution in [0.25, 0.3) is 0 Å². The summed E-state index contributed by atoms with van der Waals surface area (Å²) in [4.78, 5) is 0. The third kappa shape index (κ3) is 4.83. The lowest BCUT2D eigenvalue weighted by molar-refractivity contribution is 0.607. The van der Waals surface area contributed by atoms with Crippen molar-refractivity contribution in [2.75, 3.05) is 11.0 Å². The number of hydrogen-bond donors (Lipinski definition) is 2. The lowest BCUT2D eigenvalue weighted by Gasteiger charge is -2.07. The molecule has 7 heteroatoms. The molecular formula is C8H12BrClN2O2S. The first kappa shape index (κ1) is 14.7. The molecule has 1 aromatic rings. The molecule has 0 aromatic heterocycles. The lowest BCUT2D eigenvalue weighted by Crippen LogP contribution is -2.10. The number of sulfonamides is 1. The fraction of sp³-hybridized carbons (Fsp3) is 0.250. The molecule has 4 nitrogen and oxygen atoms in total. The minimum Gasteiger partial charge on any atom is -0.326 e. The number of nitrogens with one attached hydrogen (secondary N) is 1. The molecule has 1 aromatic carbocycles. The monoisotopic (exact) mass is 314 g/mol. The summed E-state index contributed by atoms with van der Waals surface area (Å²) in [6.07, 6.45) is 1.11. The predicted octanol–water partition coefficient (Wildman–Crippen LogP) is 1.70. The molecule has 0 heterocycles. The molecule has 0 saturated heterocycles. The van der Waals surface area contributed by atoms with Gasteiger partial charge in [-0.25, -0.2) is 8.42 Å². The molecule has 0 aliphatic heterocycles. The van der Waals surface area contributed by atoms with Crippen molar-refractivity contribution in [3.8, 4) is 0 Å². The summed E-state index contributed by atoms with van der Waals surface area (Å²) in [6.45, 7) is 0.428. The van der Waals surface area contributed by atoms with Crippen molar-refractivity contribution in [1.29, 1.82) is 0 Å². The number of rotatable bonds is 3. The zero-order valence-corrected chi connectivity index (χ0v) is 11.2. The fourth-order valence-corrected chi connectivity index (χ4v) is 2.20. The van der Waals surface area contributed by atoms with Crippen LogP contribution in [-0.4, -0.2) is 14.7 Å². The first-order valence-corrected chi connectivity index (χ1v) is 6.57. The number of benzene rings is 1. The van der Waals surface area contributed by atoms with Gasteiger partial charge in [0.25, 0.3) is 0 Å². The average Bonchev–Trinajstić information content (AvgIpc) is 2.06. The number of nitrogens with two attached hydrogens (primary N) is 1. The van der Waals surface area contributed by atoms with Crippen LogP contribution in [-0.2, 0) is 16.6 Å². The molecule has 0 radical (unpaired) electrons. The van der Waals surface area contributed by atoms with Crippen LogP contribution in [0.3, 0.4) is 0 Å². The summed E-state index contributed by atoms with van der Waals surface area (Å²) in [5, 5.41) is 0. The Morgan fingerprint density at radius 3 is 2.47 bits per heavy atom. The molecule has 0 atom stereocenters. The van der Waals surface area contributed by atoms with Crippen molar-refractivity contribution in [1.82, 2.24) is 0 Å². The van der Waals surface area contributed by atoms with Gasteiger partial charge < -0.3 is 5.73 Å². The summed E-state index contributed by atoms with van der Waals surface area (Å²) in [5.74, 6) is 0. The van der Waals surface area contributed by atoms with Gasteiger partial charge in [0.1, 0.15) is 0 Å². The van der Waals surface area contributed by atoms with E-state index < -0.39 is 10.0 Å². The second-order valence-corrected chi connectivity index (χ2v) is 5.50. The third-order valence-corrected chi connectivity index (χ3v) is 2.81. The zero-order chi connectivity index (χ0) is 10.8.